The number of amides is 2. The number of carbonyl (C=O) groups excluding carboxylic acids is 2. The number of hydrogen-bond acceptors (Lipinski definition) is 3. The summed E-state index contributed by atoms with van der Waals surface area (Å²) < 4.78 is 0. The minimum atomic E-state index is -1.18. The van der Waals surface area contributed by atoms with Crippen LogP contribution >= 0.6 is 0 Å². The van der Waals surface area contributed by atoms with Gasteiger partial charge in [-0.15, -0.1) is 0 Å². The lowest BCUT2D eigenvalue weighted by molar-refractivity contribution is -0.166. The average molecular weight is 392 g/mol. The maximum Gasteiger partial charge on any atom is 0.256 e. The molecule has 0 saturated carbocycles. The van der Waals surface area contributed by atoms with E-state index in [1.54, 1.807) is 17.0 Å². The molecular weight excluding hydrogens is 364 g/mol. The van der Waals surface area contributed by atoms with Gasteiger partial charge in [-0.2, -0.15) is 0 Å². The minimum Gasteiger partial charge on any atom is -0.378 e. The van der Waals surface area contributed by atoms with Crippen LogP contribution in [0, 0.1) is 5.41 Å². The molecule has 2 fully saturated rings. The van der Waals surface area contributed by atoms with Crippen LogP contribution in [0.1, 0.15) is 36.5 Å². The number of aliphatic hydroxyl groups excluding tert-OH is 1. The van der Waals surface area contributed by atoms with E-state index in [0.717, 1.165) is 31.5 Å². The second-order valence-corrected chi connectivity index (χ2v) is 8.30. The van der Waals surface area contributed by atoms with E-state index in [2.05, 4.69) is 0 Å². The standard InChI is InChI=1S/C24H28N2O3/c27-21(20-12-6-2-7-13-20)22(28)26-17-24(18-26,16-19-10-4-1-5-11-19)23(29)25-14-8-3-9-15-25/h1-2,4-7,10-13,21,27H,3,8-9,14-18H2/t21-/m1/s1. The molecule has 2 aliphatic rings. The zero-order chi connectivity index (χ0) is 20.3. The van der Waals surface area contributed by atoms with Gasteiger partial charge < -0.3 is 14.9 Å². The fourth-order valence-corrected chi connectivity index (χ4v) is 4.53. The normalized spacial score (nSPS) is 19.3. The number of rotatable bonds is 5. The molecule has 5 heteroatoms. The van der Waals surface area contributed by atoms with Crippen LogP contribution in [0.5, 0.6) is 0 Å². The van der Waals surface area contributed by atoms with Crippen molar-refractivity contribution >= 4 is 11.8 Å². The van der Waals surface area contributed by atoms with E-state index in [-0.39, 0.29) is 11.8 Å². The lowest BCUT2D eigenvalue weighted by Gasteiger charge is -2.51. The highest BCUT2D eigenvalue weighted by molar-refractivity contribution is 5.90. The summed E-state index contributed by atoms with van der Waals surface area (Å²) in [5.41, 5.74) is 1.10. The van der Waals surface area contributed by atoms with Crippen LogP contribution < -0.4 is 0 Å². The van der Waals surface area contributed by atoms with Gasteiger partial charge in [0.2, 0.25) is 5.91 Å². The van der Waals surface area contributed by atoms with Gasteiger partial charge in [0.05, 0.1) is 5.41 Å². The summed E-state index contributed by atoms with van der Waals surface area (Å²) in [6.45, 7) is 2.33. The Hall–Kier alpha value is -2.66. The van der Waals surface area contributed by atoms with Gasteiger partial charge in [-0.1, -0.05) is 60.7 Å². The van der Waals surface area contributed by atoms with Crippen molar-refractivity contribution in [2.75, 3.05) is 26.2 Å². The molecule has 0 radical (unpaired) electrons. The summed E-state index contributed by atoms with van der Waals surface area (Å²) in [5, 5.41) is 10.5. The molecule has 2 aromatic carbocycles. The Kier molecular flexibility index (Phi) is 5.67. The fraction of sp³-hybridized carbons (Fsp3) is 0.417. The Morgan fingerprint density at radius 1 is 0.862 bits per heavy atom. The molecule has 152 valence electrons. The van der Waals surface area contributed by atoms with E-state index < -0.39 is 11.5 Å². The van der Waals surface area contributed by atoms with Crippen molar-refractivity contribution in [2.24, 2.45) is 5.41 Å². The summed E-state index contributed by atoms with van der Waals surface area (Å²) in [6, 6.07) is 19.0. The van der Waals surface area contributed by atoms with Crippen LogP contribution in [0.15, 0.2) is 60.7 Å². The number of piperidine rings is 1. The molecule has 2 heterocycles. The maximum absolute atomic E-state index is 13.4. The summed E-state index contributed by atoms with van der Waals surface area (Å²) in [6.07, 6.45) is 2.69. The summed E-state index contributed by atoms with van der Waals surface area (Å²) in [5.74, 6) is -0.175. The molecule has 1 N–H and O–H groups in total. The first-order valence-electron chi connectivity index (χ1n) is 10.4. The molecule has 0 bridgehead atoms. The number of benzene rings is 2. The molecule has 0 aliphatic carbocycles. The van der Waals surface area contributed by atoms with E-state index in [1.807, 2.05) is 53.4 Å². The Morgan fingerprint density at radius 3 is 2.07 bits per heavy atom. The number of likely N-dealkylation sites (tertiary alicyclic amines) is 2. The highest BCUT2D eigenvalue weighted by Gasteiger charge is 2.53. The first kappa shape index (κ1) is 19.6. The van der Waals surface area contributed by atoms with E-state index in [4.69, 9.17) is 0 Å². The van der Waals surface area contributed by atoms with Crippen LogP contribution in [0.25, 0.3) is 0 Å². The predicted molar refractivity (Wildman–Crippen MR) is 111 cm³/mol. The molecule has 1 atom stereocenters. The number of nitrogens with zero attached hydrogens (tertiary/aromatic N) is 2. The third-order valence-corrected chi connectivity index (χ3v) is 6.13. The molecular formula is C24H28N2O3. The second kappa shape index (κ2) is 8.37. The van der Waals surface area contributed by atoms with Gasteiger partial charge in [0.1, 0.15) is 0 Å². The van der Waals surface area contributed by atoms with Crippen LogP contribution in [-0.4, -0.2) is 52.9 Å². The Labute approximate surface area is 171 Å². The molecule has 2 aliphatic heterocycles. The number of carbonyl (C=O) groups is 2. The van der Waals surface area contributed by atoms with Crippen molar-refractivity contribution < 1.29 is 14.7 Å². The van der Waals surface area contributed by atoms with E-state index in [1.165, 1.54) is 6.42 Å². The lowest BCUT2D eigenvalue weighted by Crippen LogP contribution is -2.67. The molecule has 2 saturated heterocycles. The van der Waals surface area contributed by atoms with Crippen LogP contribution in [0.3, 0.4) is 0 Å². The van der Waals surface area contributed by atoms with E-state index >= 15 is 0 Å². The first-order valence-corrected chi connectivity index (χ1v) is 10.4. The molecule has 0 unspecified atom stereocenters. The van der Waals surface area contributed by atoms with Crippen LogP contribution in [0.4, 0.5) is 0 Å². The van der Waals surface area contributed by atoms with E-state index in [9.17, 15) is 14.7 Å². The number of aliphatic hydroxyl groups is 1. The molecule has 2 amide bonds. The van der Waals surface area contributed by atoms with Crippen molar-refractivity contribution in [1.29, 1.82) is 0 Å². The van der Waals surface area contributed by atoms with Gasteiger partial charge in [0, 0.05) is 26.2 Å². The fourth-order valence-electron chi connectivity index (χ4n) is 4.53. The smallest absolute Gasteiger partial charge is 0.256 e. The summed E-state index contributed by atoms with van der Waals surface area (Å²) in [7, 11) is 0. The molecule has 0 spiro atoms. The Bertz CT molecular complexity index is 841. The second-order valence-electron chi connectivity index (χ2n) is 8.30. The van der Waals surface area contributed by atoms with Gasteiger partial charge in [-0.3, -0.25) is 9.59 Å². The largest absolute Gasteiger partial charge is 0.378 e. The Morgan fingerprint density at radius 2 is 1.45 bits per heavy atom. The maximum atomic E-state index is 13.4. The topological polar surface area (TPSA) is 60.9 Å². The van der Waals surface area contributed by atoms with Crippen LogP contribution in [0.2, 0.25) is 0 Å². The highest BCUT2D eigenvalue weighted by atomic mass is 16.3. The summed E-state index contributed by atoms with van der Waals surface area (Å²) in [4.78, 5) is 29.9. The molecule has 29 heavy (non-hydrogen) atoms. The van der Waals surface area contributed by atoms with Crippen molar-refractivity contribution in [3.8, 4) is 0 Å². The van der Waals surface area contributed by atoms with E-state index in [0.29, 0.717) is 25.1 Å². The molecule has 0 aromatic heterocycles. The summed E-state index contributed by atoms with van der Waals surface area (Å²) >= 11 is 0. The Balaban J connectivity index is 1.50. The zero-order valence-electron chi connectivity index (χ0n) is 16.7. The first-order chi connectivity index (χ1) is 14.1. The number of hydrogen-bond donors (Lipinski definition) is 1. The van der Waals surface area contributed by atoms with Gasteiger partial charge in [-0.05, 0) is 36.8 Å². The molecule has 5 nitrogen and oxygen atoms in total. The predicted octanol–water partition coefficient (Wildman–Crippen LogP) is 2.80. The molecule has 4 rings (SSSR count). The van der Waals surface area contributed by atoms with Gasteiger partial charge >= 0.3 is 0 Å². The third-order valence-electron chi connectivity index (χ3n) is 6.13. The zero-order valence-corrected chi connectivity index (χ0v) is 16.7. The van der Waals surface area contributed by atoms with Gasteiger partial charge in [0.15, 0.2) is 6.10 Å². The quantitative estimate of drug-likeness (QED) is 0.851. The third kappa shape index (κ3) is 4.06. The molecule has 2 aromatic rings. The van der Waals surface area contributed by atoms with Crippen molar-refractivity contribution in [1.82, 2.24) is 9.80 Å². The minimum absolute atomic E-state index is 0.152. The SMILES string of the molecule is O=C([C@H](O)c1ccccc1)N1CC(Cc2ccccc2)(C(=O)N2CCCCC2)C1. The van der Waals surface area contributed by atoms with Crippen molar-refractivity contribution in [3.63, 3.8) is 0 Å². The monoisotopic (exact) mass is 392 g/mol. The van der Waals surface area contributed by atoms with Gasteiger partial charge in [0.25, 0.3) is 5.91 Å². The average Bonchev–Trinajstić information content (AvgIpc) is 2.76. The van der Waals surface area contributed by atoms with Crippen molar-refractivity contribution in [3.05, 3.63) is 71.8 Å². The van der Waals surface area contributed by atoms with Gasteiger partial charge in [-0.25, -0.2) is 0 Å². The lowest BCUT2D eigenvalue weighted by atomic mass is 9.72. The van der Waals surface area contributed by atoms with Crippen LogP contribution in [-0.2, 0) is 16.0 Å². The highest BCUT2D eigenvalue weighted by Crippen LogP contribution is 2.38. The van der Waals surface area contributed by atoms with Crippen molar-refractivity contribution in [2.45, 2.75) is 31.8 Å².